The first-order chi connectivity index (χ1) is 7.09. The number of nitriles is 1. The molecule has 0 radical (unpaired) electrons. The number of ether oxygens (including phenoxy) is 1. The minimum atomic E-state index is -2.86. The molecule has 2 rings (SSSR count). The maximum absolute atomic E-state index is 10.9. The van der Waals surface area contributed by atoms with Crippen molar-refractivity contribution in [2.24, 2.45) is 0 Å². The Morgan fingerprint density at radius 1 is 1.40 bits per heavy atom. The standard InChI is InChI=1S/C10H9NO3S/c11-5-8-2-1-3-9(4-8)14-10-6-15(12,13)7-10/h1-4,10H,6-7H2. The molecule has 0 saturated carbocycles. The Balaban J connectivity index is 2.04. The molecule has 0 aromatic heterocycles. The molecule has 5 heteroatoms. The van der Waals surface area contributed by atoms with Crippen molar-refractivity contribution in [2.45, 2.75) is 6.10 Å². The average Bonchev–Trinajstić information content (AvgIpc) is 2.15. The highest BCUT2D eigenvalue weighted by Crippen LogP contribution is 2.20. The molecule has 0 bridgehead atoms. The average molecular weight is 223 g/mol. The van der Waals surface area contributed by atoms with Crippen molar-refractivity contribution in [3.8, 4) is 11.8 Å². The van der Waals surface area contributed by atoms with E-state index in [1.54, 1.807) is 24.3 Å². The molecule has 1 heterocycles. The minimum Gasteiger partial charge on any atom is -0.488 e. The molecule has 1 aromatic carbocycles. The summed E-state index contributed by atoms with van der Waals surface area (Å²) >= 11 is 0. The van der Waals surface area contributed by atoms with E-state index >= 15 is 0 Å². The van der Waals surface area contributed by atoms with E-state index in [1.807, 2.05) is 6.07 Å². The van der Waals surface area contributed by atoms with E-state index in [2.05, 4.69) is 0 Å². The summed E-state index contributed by atoms with van der Waals surface area (Å²) in [7, 11) is -2.86. The van der Waals surface area contributed by atoms with Crippen molar-refractivity contribution < 1.29 is 13.2 Å². The third-order valence-electron chi connectivity index (χ3n) is 2.15. The summed E-state index contributed by atoms with van der Waals surface area (Å²) < 4.78 is 27.2. The quantitative estimate of drug-likeness (QED) is 0.741. The van der Waals surface area contributed by atoms with Gasteiger partial charge >= 0.3 is 0 Å². The first-order valence-corrected chi connectivity index (χ1v) is 6.28. The molecule has 1 saturated heterocycles. The molecule has 0 unspecified atom stereocenters. The largest absolute Gasteiger partial charge is 0.488 e. The third kappa shape index (κ3) is 2.28. The summed E-state index contributed by atoms with van der Waals surface area (Å²) in [4.78, 5) is 0. The lowest BCUT2D eigenvalue weighted by atomic mass is 10.2. The van der Waals surface area contributed by atoms with Crippen LogP contribution in [0.5, 0.6) is 5.75 Å². The highest BCUT2D eigenvalue weighted by Gasteiger charge is 2.35. The molecule has 78 valence electrons. The van der Waals surface area contributed by atoms with Gasteiger partial charge in [0.2, 0.25) is 0 Å². The number of benzene rings is 1. The molecule has 1 aromatic rings. The summed E-state index contributed by atoms with van der Waals surface area (Å²) in [5, 5.41) is 8.65. The maximum Gasteiger partial charge on any atom is 0.157 e. The topological polar surface area (TPSA) is 67.2 Å². The molecule has 1 aliphatic rings. The van der Waals surface area contributed by atoms with E-state index in [9.17, 15) is 8.42 Å². The van der Waals surface area contributed by atoms with Crippen LogP contribution in [-0.2, 0) is 9.84 Å². The van der Waals surface area contributed by atoms with Crippen LogP contribution in [0.3, 0.4) is 0 Å². The molecule has 0 spiro atoms. The zero-order valence-corrected chi connectivity index (χ0v) is 8.70. The predicted octanol–water partition coefficient (Wildman–Crippen LogP) is 0.734. The highest BCUT2D eigenvalue weighted by molar-refractivity contribution is 7.92. The van der Waals surface area contributed by atoms with Crippen molar-refractivity contribution in [3.63, 3.8) is 0 Å². The number of rotatable bonds is 2. The van der Waals surface area contributed by atoms with Gasteiger partial charge < -0.3 is 4.74 Å². The minimum absolute atomic E-state index is 0.0732. The molecule has 4 nitrogen and oxygen atoms in total. The Bertz CT molecular complexity index is 504. The molecule has 0 aliphatic carbocycles. The molecule has 1 fully saturated rings. The lowest BCUT2D eigenvalue weighted by Gasteiger charge is -2.26. The van der Waals surface area contributed by atoms with Crippen LogP contribution in [0.15, 0.2) is 24.3 Å². The number of nitrogens with zero attached hydrogens (tertiary/aromatic N) is 1. The van der Waals surface area contributed by atoms with Gasteiger partial charge in [-0.1, -0.05) is 6.07 Å². The highest BCUT2D eigenvalue weighted by atomic mass is 32.2. The second-order valence-corrected chi connectivity index (χ2v) is 5.61. The van der Waals surface area contributed by atoms with Crippen LogP contribution in [0.25, 0.3) is 0 Å². The van der Waals surface area contributed by atoms with Crippen LogP contribution in [0, 0.1) is 11.3 Å². The van der Waals surface area contributed by atoms with Crippen molar-refractivity contribution in [1.29, 1.82) is 5.26 Å². The van der Waals surface area contributed by atoms with E-state index in [1.165, 1.54) is 0 Å². The van der Waals surface area contributed by atoms with Gasteiger partial charge in [-0.25, -0.2) is 8.42 Å². The zero-order chi connectivity index (χ0) is 10.9. The van der Waals surface area contributed by atoms with E-state index in [-0.39, 0.29) is 17.6 Å². The Hall–Kier alpha value is -1.54. The summed E-state index contributed by atoms with van der Waals surface area (Å²) in [6, 6.07) is 8.69. The Morgan fingerprint density at radius 3 is 2.73 bits per heavy atom. The van der Waals surface area contributed by atoms with Gasteiger partial charge in [0.25, 0.3) is 0 Å². The zero-order valence-electron chi connectivity index (χ0n) is 7.88. The lowest BCUT2D eigenvalue weighted by molar-refractivity contribution is 0.230. The Kier molecular flexibility index (Phi) is 2.37. The van der Waals surface area contributed by atoms with Crippen LogP contribution >= 0.6 is 0 Å². The van der Waals surface area contributed by atoms with E-state index in [4.69, 9.17) is 10.00 Å². The van der Waals surface area contributed by atoms with Gasteiger partial charge in [-0.05, 0) is 18.2 Å². The fourth-order valence-electron chi connectivity index (χ4n) is 1.42. The molecular formula is C10H9NO3S. The van der Waals surface area contributed by atoms with Crippen molar-refractivity contribution >= 4 is 9.84 Å². The smallest absolute Gasteiger partial charge is 0.157 e. The Labute approximate surface area is 88.0 Å². The third-order valence-corrected chi connectivity index (χ3v) is 3.90. The predicted molar refractivity (Wildman–Crippen MR) is 54.2 cm³/mol. The van der Waals surface area contributed by atoms with Crippen LogP contribution in [0.4, 0.5) is 0 Å². The Morgan fingerprint density at radius 2 is 2.13 bits per heavy atom. The second-order valence-electron chi connectivity index (χ2n) is 3.46. The molecule has 0 N–H and O–H groups in total. The van der Waals surface area contributed by atoms with Crippen molar-refractivity contribution in [2.75, 3.05) is 11.5 Å². The maximum atomic E-state index is 10.9. The molecular weight excluding hydrogens is 214 g/mol. The molecule has 0 amide bonds. The van der Waals surface area contributed by atoms with E-state index in [0.29, 0.717) is 11.3 Å². The second kappa shape index (κ2) is 3.55. The van der Waals surface area contributed by atoms with Gasteiger partial charge in [0.05, 0.1) is 23.1 Å². The SMILES string of the molecule is N#Cc1cccc(OC2CS(=O)(=O)C2)c1. The molecule has 15 heavy (non-hydrogen) atoms. The van der Waals surface area contributed by atoms with E-state index in [0.717, 1.165) is 0 Å². The number of hydrogen-bond acceptors (Lipinski definition) is 4. The summed E-state index contributed by atoms with van der Waals surface area (Å²) in [6.45, 7) is 0. The van der Waals surface area contributed by atoms with Gasteiger partial charge in [0.1, 0.15) is 11.9 Å². The van der Waals surface area contributed by atoms with Crippen LogP contribution in [0.1, 0.15) is 5.56 Å². The first-order valence-electron chi connectivity index (χ1n) is 4.46. The summed E-state index contributed by atoms with van der Waals surface area (Å²) in [5.41, 5.74) is 0.509. The lowest BCUT2D eigenvalue weighted by Crippen LogP contribution is -2.45. The van der Waals surface area contributed by atoms with Gasteiger partial charge in [0.15, 0.2) is 9.84 Å². The van der Waals surface area contributed by atoms with Gasteiger partial charge in [-0.3, -0.25) is 0 Å². The van der Waals surface area contributed by atoms with Crippen LogP contribution in [0.2, 0.25) is 0 Å². The van der Waals surface area contributed by atoms with Gasteiger partial charge in [0, 0.05) is 0 Å². The summed E-state index contributed by atoms with van der Waals surface area (Å²) in [5.74, 6) is 0.696. The normalized spacial score (nSPS) is 18.9. The molecule has 1 aliphatic heterocycles. The van der Waals surface area contributed by atoms with E-state index < -0.39 is 9.84 Å². The monoisotopic (exact) mass is 223 g/mol. The van der Waals surface area contributed by atoms with Gasteiger partial charge in [-0.15, -0.1) is 0 Å². The summed E-state index contributed by atoms with van der Waals surface area (Å²) in [6.07, 6.45) is -0.260. The van der Waals surface area contributed by atoms with Gasteiger partial charge in [-0.2, -0.15) is 5.26 Å². The first kappa shape index (κ1) is 9.99. The number of sulfone groups is 1. The fourth-order valence-corrected chi connectivity index (χ4v) is 2.59. The van der Waals surface area contributed by atoms with Crippen molar-refractivity contribution in [3.05, 3.63) is 29.8 Å². The van der Waals surface area contributed by atoms with Crippen LogP contribution < -0.4 is 4.74 Å². The fraction of sp³-hybridized carbons (Fsp3) is 0.300. The van der Waals surface area contributed by atoms with Crippen LogP contribution in [-0.4, -0.2) is 26.0 Å². The molecule has 0 atom stereocenters. The van der Waals surface area contributed by atoms with Crippen molar-refractivity contribution in [1.82, 2.24) is 0 Å². The number of hydrogen-bond donors (Lipinski definition) is 0.